The highest BCUT2D eigenvalue weighted by Gasteiger charge is 2.14. The molecule has 1 unspecified atom stereocenters. The maximum atomic E-state index is 5.51. The van der Waals surface area contributed by atoms with Gasteiger partial charge in [-0.15, -0.1) is 0 Å². The number of hydrogen-bond acceptors (Lipinski definition) is 4. The van der Waals surface area contributed by atoms with Gasteiger partial charge in [0.1, 0.15) is 11.6 Å². The summed E-state index contributed by atoms with van der Waals surface area (Å²) in [6.07, 6.45) is 4.22. The Hall–Kier alpha value is -1.81. The first-order valence-electron chi connectivity index (χ1n) is 7.11. The van der Waals surface area contributed by atoms with Crippen LogP contribution in [0.2, 0.25) is 0 Å². The molecular formula is C16H20N2O2. The third kappa shape index (κ3) is 2.85. The van der Waals surface area contributed by atoms with Crippen molar-refractivity contribution >= 4 is 16.6 Å². The van der Waals surface area contributed by atoms with Gasteiger partial charge in [-0.2, -0.15) is 0 Å². The van der Waals surface area contributed by atoms with Crippen molar-refractivity contribution in [3.8, 4) is 5.75 Å². The lowest BCUT2D eigenvalue weighted by molar-refractivity contribution is 0.0595. The molecule has 0 radical (unpaired) electrons. The molecule has 0 amide bonds. The Kier molecular flexibility index (Phi) is 4.02. The summed E-state index contributed by atoms with van der Waals surface area (Å²) in [5.74, 6) is 2.39. The monoisotopic (exact) mass is 272 g/mol. The molecule has 4 heteroatoms. The van der Waals surface area contributed by atoms with E-state index in [0.717, 1.165) is 48.5 Å². The molecule has 106 valence electrons. The largest absolute Gasteiger partial charge is 0.497 e. The minimum atomic E-state index is 0.582. The van der Waals surface area contributed by atoms with E-state index in [1.165, 1.54) is 6.42 Å². The van der Waals surface area contributed by atoms with Crippen LogP contribution in [0.1, 0.15) is 12.8 Å². The van der Waals surface area contributed by atoms with Crippen molar-refractivity contribution in [3.63, 3.8) is 0 Å². The molecule has 1 aromatic heterocycles. The molecule has 0 bridgehead atoms. The van der Waals surface area contributed by atoms with Gasteiger partial charge in [0.05, 0.1) is 13.7 Å². The Labute approximate surface area is 119 Å². The molecule has 1 N–H and O–H groups in total. The summed E-state index contributed by atoms with van der Waals surface area (Å²) < 4.78 is 10.8. The second kappa shape index (κ2) is 6.09. The maximum Gasteiger partial charge on any atom is 0.133 e. The number of pyridine rings is 1. The smallest absolute Gasteiger partial charge is 0.133 e. The van der Waals surface area contributed by atoms with Crippen LogP contribution in [0, 0.1) is 5.92 Å². The SMILES string of the molecule is COc1ccc2c(NCC3CCCOC3)nccc2c1. The summed E-state index contributed by atoms with van der Waals surface area (Å²) in [5, 5.41) is 5.73. The van der Waals surface area contributed by atoms with Gasteiger partial charge in [-0.25, -0.2) is 4.98 Å². The van der Waals surface area contributed by atoms with E-state index in [4.69, 9.17) is 9.47 Å². The minimum Gasteiger partial charge on any atom is -0.497 e. The zero-order valence-electron chi connectivity index (χ0n) is 11.8. The van der Waals surface area contributed by atoms with Gasteiger partial charge in [-0.05, 0) is 48.4 Å². The van der Waals surface area contributed by atoms with Crippen LogP contribution in [0.15, 0.2) is 30.5 Å². The molecule has 1 saturated heterocycles. The summed E-state index contributed by atoms with van der Waals surface area (Å²) in [4.78, 5) is 4.45. The molecule has 1 fully saturated rings. The molecule has 1 atom stereocenters. The second-order valence-corrected chi connectivity index (χ2v) is 5.21. The number of aromatic nitrogens is 1. The highest BCUT2D eigenvalue weighted by molar-refractivity contribution is 5.92. The van der Waals surface area contributed by atoms with Gasteiger partial charge in [0, 0.05) is 24.7 Å². The first kappa shape index (κ1) is 13.2. The van der Waals surface area contributed by atoms with E-state index in [9.17, 15) is 0 Å². The van der Waals surface area contributed by atoms with Crippen molar-refractivity contribution in [2.45, 2.75) is 12.8 Å². The fourth-order valence-corrected chi connectivity index (χ4v) is 2.63. The Morgan fingerprint density at radius 3 is 3.15 bits per heavy atom. The predicted octanol–water partition coefficient (Wildman–Crippen LogP) is 3.08. The van der Waals surface area contributed by atoms with Crippen LogP contribution in [0.4, 0.5) is 5.82 Å². The van der Waals surface area contributed by atoms with E-state index in [1.54, 1.807) is 7.11 Å². The minimum absolute atomic E-state index is 0.582. The van der Waals surface area contributed by atoms with Gasteiger partial charge in [0.2, 0.25) is 0 Å². The van der Waals surface area contributed by atoms with Crippen LogP contribution in [0.25, 0.3) is 10.8 Å². The summed E-state index contributed by atoms with van der Waals surface area (Å²) in [6, 6.07) is 8.07. The van der Waals surface area contributed by atoms with Gasteiger partial charge in [0.25, 0.3) is 0 Å². The van der Waals surface area contributed by atoms with Gasteiger partial charge in [-0.1, -0.05) is 0 Å². The van der Waals surface area contributed by atoms with Gasteiger partial charge in [0.15, 0.2) is 0 Å². The number of nitrogens with one attached hydrogen (secondary N) is 1. The van der Waals surface area contributed by atoms with Crippen molar-refractivity contribution in [3.05, 3.63) is 30.5 Å². The van der Waals surface area contributed by atoms with Crippen molar-refractivity contribution in [1.82, 2.24) is 4.98 Å². The lowest BCUT2D eigenvalue weighted by Crippen LogP contribution is -2.24. The third-order valence-corrected chi connectivity index (χ3v) is 3.78. The topological polar surface area (TPSA) is 43.4 Å². The molecule has 2 heterocycles. The summed E-state index contributed by atoms with van der Waals surface area (Å²) >= 11 is 0. The Morgan fingerprint density at radius 2 is 2.35 bits per heavy atom. The number of benzene rings is 1. The quantitative estimate of drug-likeness (QED) is 0.929. The van der Waals surface area contributed by atoms with E-state index >= 15 is 0 Å². The number of nitrogens with zero attached hydrogens (tertiary/aromatic N) is 1. The number of anilines is 1. The number of fused-ring (bicyclic) bond motifs is 1. The van der Waals surface area contributed by atoms with Crippen LogP contribution in [-0.4, -0.2) is 31.9 Å². The van der Waals surface area contributed by atoms with Gasteiger partial charge >= 0.3 is 0 Å². The van der Waals surface area contributed by atoms with Crippen molar-refractivity contribution < 1.29 is 9.47 Å². The summed E-state index contributed by atoms with van der Waals surface area (Å²) in [7, 11) is 1.69. The van der Waals surface area contributed by atoms with Crippen LogP contribution in [0.5, 0.6) is 5.75 Å². The molecule has 0 saturated carbocycles. The Morgan fingerprint density at radius 1 is 1.40 bits per heavy atom. The average Bonchev–Trinajstić information content (AvgIpc) is 2.53. The first-order valence-corrected chi connectivity index (χ1v) is 7.11. The van der Waals surface area contributed by atoms with Crippen molar-refractivity contribution in [1.29, 1.82) is 0 Å². The third-order valence-electron chi connectivity index (χ3n) is 3.78. The van der Waals surface area contributed by atoms with Gasteiger partial charge < -0.3 is 14.8 Å². The normalized spacial score (nSPS) is 18.9. The predicted molar refractivity (Wildman–Crippen MR) is 80.3 cm³/mol. The zero-order chi connectivity index (χ0) is 13.8. The standard InChI is InChI=1S/C16H20N2O2/c1-19-14-4-5-15-13(9-14)6-7-17-16(15)18-10-12-3-2-8-20-11-12/h4-7,9,12H,2-3,8,10-11H2,1H3,(H,17,18). The van der Waals surface area contributed by atoms with E-state index in [2.05, 4.69) is 16.4 Å². The molecule has 1 aliphatic rings. The Bertz CT molecular complexity index is 580. The summed E-state index contributed by atoms with van der Waals surface area (Å²) in [5.41, 5.74) is 0. The first-order chi connectivity index (χ1) is 9.86. The highest BCUT2D eigenvalue weighted by Crippen LogP contribution is 2.25. The van der Waals surface area contributed by atoms with Crippen molar-refractivity contribution in [2.24, 2.45) is 5.92 Å². The summed E-state index contributed by atoms with van der Waals surface area (Å²) in [6.45, 7) is 2.67. The number of hydrogen-bond donors (Lipinski definition) is 1. The molecule has 1 aromatic carbocycles. The fraction of sp³-hybridized carbons (Fsp3) is 0.438. The van der Waals surface area contributed by atoms with Crippen LogP contribution < -0.4 is 10.1 Å². The Balaban J connectivity index is 1.76. The van der Waals surface area contributed by atoms with Gasteiger partial charge in [-0.3, -0.25) is 0 Å². The second-order valence-electron chi connectivity index (χ2n) is 5.21. The molecule has 2 aromatic rings. The van der Waals surface area contributed by atoms with Crippen molar-refractivity contribution in [2.75, 3.05) is 32.2 Å². The van der Waals surface area contributed by atoms with Crippen LogP contribution in [-0.2, 0) is 4.74 Å². The number of rotatable bonds is 4. The zero-order valence-corrected chi connectivity index (χ0v) is 11.8. The fourth-order valence-electron chi connectivity index (χ4n) is 2.63. The average molecular weight is 272 g/mol. The molecule has 0 spiro atoms. The maximum absolute atomic E-state index is 5.51. The molecule has 1 aliphatic heterocycles. The van der Waals surface area contributed by atoms with Crippen LogP contribution in [0.3, 0.4) is 0 Å². The highest BCUT2D eigenvalue weighted by atomic mass is 16.5. The molecule has 0 aliphatic carbocycles. The molecule has 20 heavy (non-hydrogen) atoms. The number of ether oxygens (including phenoxy) is 2. The lowest BCUT2D eigenvalue weighted by atomic mass is 10.0. The lowest BCUT2D eigenvalue weighted by Gasteiger charge is -2.22. The van der Waals surface area contributed by atoms with Crippen LogP contribution >= 0.6 is 0 Å². The van der Waals surface area contributed by atoms with E-state index in [0.29, 0.717) is 5.92 Å². The van der Waals surface area contributed by atoms with E-state index in [-0.39, 0.29) is 0 Å². The molecule has 3 rings (SSSR count). The number of methoxy groups -OCH3 is 1. The molecular weight excluding hydrogens is 252 g/mol. The molecule has 4 nitrogen and oxygen atoms in total. The van der Waals surface area contributed by atoms with E-state index in [1.807, 2.05) is 24.4 Å². The van der Waals surface area contributed by atoms with E-state index < -0.39 is 0 Å².